The van der Waals surface area contributed by atoms with Crippen molar-refractivity contribution in [3.8, 4) is 6.07 Å². The first kappa shape index (κ1) is 16.8. The Morgan fingerprint density at radius 3 is 2.52 bits per heavy atom. The molecule has 1 heterocycles. The second-order valence-corrected chi connectivity index (χ2v) is 5.85. The Bertz CT molecular complexity index is 716. The summed E-state index contributed by atoms with van der Waals surface area (Å²) in [6.07, 6.45) is -1.15. The van der Waals surface area contributed by atoms with E-state index in [1.165, 1.54) is 12.1 Å². The minimum atomic E-state index is -4.55. The summed E-state index contributed by atoms with van der Waals surface area (Å²) in [4.78, 5) is 4.06. The maximum Gasteiger partial charge on any atom is 0.417 e. The number of halogens is 3. The van der Waals surface area contributed by atoms with E-state index in [9.17, 15) is 13.2 Å². The molecule has 0 saturated heterocycles. The third kappa shape index (κ3) is 4.01. The van der Waals surface area contributed by atoms with Crippen molar-refractivity contribution in [3.05, 3.63) is 59.4 Å². The van der Waals surface area contributed by atoms with Crippen LogP contribution in [0.5, 0.6) is 0 Å². The molecule has 0 spiro atoms. The van der Waals surface area contributed by atoms with Crippen LogP contribution < -0.4 is 5.32 Å². The van der Waals surface area contributed by atoms with Gasteiger partial charge in [-0.2, -0.15) is 18.4 Å². The van der Waals surface area contributed by atoms with Crippen LogP contribution in [0.4, 0.5) is 18.9 Å². The highest BCUT2D eigenvalue weighted by Crippen LogP contribution is 2.34. The van der Waals surface area contributed by atoms with Gasteiger partial charge in [0.1, 0.15) is 0 Å². The van der Waals surface area contributed by atoms with Gasteiger partial charge in [0.25, 0.3) is 0 Å². The lowest BCUT2D eigenvalue weighted by molar-refractivity contribution is -0.137. The SMILES string of the molecule is CC(C)(CNc1ccc(C#N)c(C(F)(F)F)c1)c1cccnc1. The largest absolute Gasteiger partial charge is 0.417 e. The summed E-state index contributed by atoms with van der Waals surface area (Å²) in [5, 5.41) is 11.8. The Kier molecular flexibility index (Phi) is 4.60. The number of benzene rings is 1. The van der Waals surface area contributed by atoms with E-state index in [0.717, 1.165) is 11.6 Å². The Balaban J connectivity index is 2.20. The highest BCUT2D eigenvalue weighted by Gasteiger charge is 2.34. The Hall–Kier alpha value is -2.55. The molecule has 120 valence electrons. The molecule has 0 fully saturated rings. The fourth-order valence-electron chi connectivity index (χ4n) is 2.17. The second-order valence-electron chi connectivity index (χ2n) is 5.85. The van der Waals surface area contributed by atoms with Crippen molar-refractivity contribution in [2.75, 3.05) is 11.9 Å². The Labute approximate surface area is 132 Å². The molecule has 1 N–H and O–H groups in total. The summed E-state index contributed by atoms with van der Waals surface area (Å²) in [5.41, 5.74) is -0.301. The van der Waals surface area contributed by atoms with Crippen molar-refractivity contribution in [1.29, 1.82) is 5.26 Å². The van der Waals surface area contributed by atoms with Crippen LogP contribution in [0, 0.1) is 11.3 Å². The third-order valence-corrected chi connectivity index (χ3v) is 3.62. The molecule has 2 aromatic rings. The zero-order valence-corrected chi connectivity index (χ0v) is 12.8. The van der Waals surface area contributed by atoms with Crippen molar-refractivity contribution < 1.29 is 13.2 Å². The van der Waals surface area contributed by atoms with E-state index < -0.39 is 11.7 Å². The molecule has 1 aromatic carbocycles. The topological polar surface area (TPSA) is 48.7 Å². The number of aromatic nitrogens is 1. The lowest BCUT2D eigenvalue weighted by Gasteiger charge is -2.26. The van der Waals surface area contributed by atoms with Gasteiger partial charge in [-0.3, -0.25) is 4.98 Å². The van der Waals surface area contributed by atoms with Gasteiger partial charge in [0.05, 0.1) is 17.2 Å². The van der Waals surface area contributed by atoms with Gasteiger partial charge in [0.15, 0.2) is 0 Å². The number of nitriles is 1. The quantitative estimate of drug-likeness (QED) is 0.911. The van der Waals surface area contributed by atoms with Gasteiger partial charge in [-0.1, -0.05) is 19.9 Å². The number of pyridine rings is 1. The van der Waals surface area contributed by atoms with Crippen LogP contribution in [0.3, 0.4) is 0 Å². The number of alkyl halides is 3. The van der Waals surface area contributed by atoms with Gasteiger partial charge >= 0.3 is 6.18 Å². The van der Waals surface area contributed by atoms with Gasteiger partial charge in [0.2, 0.25) is 0 Å². The summed E-state index contributed by atoms with van der Waals surface area (Å²) in [5.74, 6) is 0. The molecule has 1 aromatic heterocycles. The van der Waals surface area contributed by atoms with Gasteiger partial charge in [-0.15, -0.1) is 0 Å². The van der Waals surface area contributed by atoms with Crippen LogP contribution >= 0.6 is 0 Å². The number of nitrogens with one attached hydrogen (secondary N) is 1. The molecule has 6 heteroatoms. The zero-order chi connectivity index (χ0) is 17.1. The van der Waals surface area contributed by atoms with Crippen LogP contribution in [-0.2, 0) is 11.6 Å². The average molecular weight is 319 g/mol. The summed E-state index contributed by atoms with van der Waals surface area (Å²) in [7, 11) is 0. The monoisotopic (exact) mass is 319 g/mol. The molecule has 0 radical (unpaired) electrons. The van der Waals surface area contributed by atoms with Gasteiger partial charge in [-0.05, 0) is 29.8 Å². The van der Waals surface area contributed by atoms with E-state index in [2.05, 4.69) is 10.3 Å². The summed E-state index contributed by atoms with van der Waals surface area (Å²) < 4.78 is 38.9. The number of nitrogens with zero attached hydrogens (tertiary/aromatic N) is 2. The van der Waals surface area contributed by atoms with Gasteiger partial charge in [-0.25, -0.2) is 0 Å². The molecule has 0 unspecified atom stereocenters. The number of hydrogen-bond acceptors (Lipinski definition) is 3. The predicted molar refractivity (Wildman–Crippen MR) is 81.9 cm³/mol. The normalized spacial score (nSPS) is 11.8. The van der Waals surface area contributed by atoms with E-state index in [1.807, 2.05) is 26.0 Å². The molecule has 0 amide bonds. The average Bonchev–Trinajstić information content (AvgIpc) is 2.53. The Morgan fingerprint density at radius 2 is 1.96 bits per heavy atom. The van der Waals surface area contributed by atoms with E-state index in [1.54, 1.807) is 18.5 Å². The summed E-state index contributed by atoms with van der Waals surface area (Å²) in [6, 6.07) is 8.95. The van der Waals surface area contributed by atoms with Crippen LogP contribution in [0.25, 0.3) is 0 Å². The number of rotatable bonds is 4. The summed E-state index contributed by atoms with van der Waals surface area (Å²) in [6.45, 7) is 4.39. The predicted octanol–water partition coefficient (Wildman–Crippen LogP) is 4.36. The van der Waals surface area contributed by atoms with Crippen molar-refractivity contribution >= 4 is 5.69 Å². The Morgan fingerprint density at radius 1 is 1.22 bits per heavy atom. The van der Waals surface area contributed by atoms with E-state index in [4.69, 9.17) is 5.26 Å². The molecular formula is C17H16F3N3. The van der Waals surface area contributed by atoms with Crippen LogP contribution in [0.2, 0.25) is 0 Å². The zero-order valence-electron chi connectivity index (χ0n) is 12.8. The second kappa shape index (κ2) is 6.29. The first-order chi connectivity index (χ1) is 10.7. The fourth-order valence-corrected chi connectivity index (χ4v) is 2.17. The smallest absolute Gasteiger partial charge is 0.384 e. The lowest BCUT2D eigenvalue weighted by atomic mass is 9.85. The van der Waals surface area contributed by atoms with E-state index in [-0.39, 0.29) is 11.0 Å². The summed E-state index contributed by atoms with van der Waals surface area (Å²) >= 11 is 0. The molecule has 0 saturated carbocycles. The minimum absolute atomic E-state index is 0.305. The fraction of sp³-hybridized carbons (Fsp3) is 0.294. The molecule has 0 bridgehead atoms. The molecule has 0 aliphatic carbocycles. The minimum Gasteiger partial charge on any atom is -0.384 e. The molecule has 23 heavy (non-hydrogen) atoms. The van der Waals surface area contributed by atoms with Crippen LogP contribution in [-0.4, -0.2) is 11.5 Å². The van der Waals surface area contributed by atoms with E-state index >= 15 is 0 Å². The highest BCUT2D eigenvalue weighted by atomic mass is 19.4. The maximum absolute atomic E-state index is 13.0. The molecule has 3 nitrogen and oxygen atoms in total. The molecule has 0 aliphatic rings. The lowest BCUT2D eigenvalue weighted by Crippen LogP contribution is -2.27. The molecule has 0 atom stereocenters. The molecular weight excluding hydrogens is 303 g/mol. The van der Waals surface area contributed by atoms with Gasteiger partial charge < -0.3 is 5.32 Å². The van der Waals surface area contributed by atoms with Crippen molar-refractivity contribution in [3.63, 3.8) is 0 Å². The van der Waals surface area contributed by atoms with Gasteiger partial charge in [0, 0.05) is 30.0 Å². The van der Waals surface area contributed by atoms with Crippen LogP contribution in [0.15, 0.2) is 42.7 Å². The first-order valence-corrected chi connectivity index (χ1v) is 7.00. The molecule has 2 rings (SSSR count). The third-order valence-electron chi connectivity index (χ3n) is 3.62. The molecule has 0 aliphatic heterocycles. The van der Waals surface area contributed by atoms with Crippen molar-refractivity contribution in [2.45, 2.75) is 25.4 Å². The van der Waals surface area contributed by atoms with E-state index in [0.29, 0.717) is 12.2 Å². The number of anilines is 1. The maximum atomic E-state index is 13.0. The standard InChI is InChI=1S/C17H16F3N3/c1-16(2,13-4-3-7-22-10-13)11-23-14-6-5-12(9-21)15(8-14)17(18,19)20/h3-8,10,23H,11H2,1-2H3. The first-order valence-electron chi connectivity index (χ1n) is 7.00. The van der Waals surface area contributed by atoms with Crippen molar-refractivity contribution in [2.24, 2.45) is 0 Å². The highest BCUT2D eigenvalue weighted by molar-refractivity contribution is 5.53. The number of hydrogen-bond donors (Lipinski definition) is 1. The van der Waals surface area contributed by atoms with Crippen molar-refractivity contribution in [1.82, 2.24) is 4.98 Å². The van der Waals surface area contributed by atoms with Crippen LogP contribution in [0.1, 0.15) is 30.5 Å².